The minimum Gasteiger partial charge on any atom is -0.352 e. The maximum Gasteiger partial charge on any atom is 0.265 e. The van der Waals surface area contributed by atoms with Gasteiger partial charge in [-0.3, -0.25) is 9.59 Å². The van der Waals surface area contributed by atoms with Crippen LogP contribution in [-0.2, 0) is 11.3 Å². The Morgan fingerprint density at radius 2 is 2.19 bits per heavy atom. The summed E-state index contributed by atoms with van der Waals surface area (Å²) in [5.41, 5.74) is -0.200. The molecular weight excluding hydrogens is 340 g/mol. The monoisotopic (exact) mass is 348 g/mol. The van der Waals surface area contributed by atoms with E-state index >= 15 is 0 Å². The molecule has 0 aromatic carbocycles. The number of pyridine rings is 1. The van der Waals surface area contributed by atoms with Crippen LogP contribution in [0.3, 0.4) is 0 Å². The van der Waals surface area contributed by atoms with Crippen LogP contribution in [-0.4, -0.2) is 16.5 Å². The lowest BCUT2D eigenvalue weighted by molar-refractivity contribution is -0.121. The van der Waals surface area contributed by atoms with Gasteiger partial charge < -0.3 is 9.88 Å². The van der Waals surface area contributed by atoms with Crippen LogP contribution in [0.1, 0.15) is 12.8 Å². The fourth-order valence-electron chi connectivity index (χ4n) is 1.34. The van der Waals surface area contributed by atoms with E-state index in [0.29, 0.717) is 10.5 Å². The normalized spacial score (nSPS) is 14.9. The van der Waals surface area contributed by atoms with Crippen molar-refractivity contribution in [2.45, 2.75) is 25.4 Å². The summed E-state index contributed by atoms with van der Waals surface area (Å²) in [6, 6.07) is 1.98. The lowest BCUT2D eigenvalue weighted by Crippen LogP contribution is -2.33. The first-order valence-electron chi connectivity index (χ1n) is 4.91. The van der Waals surface area contributed by atoms with E-state index in [0.717, 1.165) is 17.3 Å². The summed E-state index contributed by atoms with van der Waals surface area (Å²) in [7, 11) is 0. The molecule has 1 amide bonds. The number of carbonyl (C=O) groups excluding carboxylic acids is 1. The fraction of sp³-hybridized carbons (Fsp3) is 0.400. The summed E-state index contributed by atoms with van der Waals surface area (Å²) < 4.78 is 2.59. The van der Waals surface area contributed by atoms with Gasteiger partial charge >= 0.3 is 0 Å². The van der Waals surface area contributed by atoms with Gasteiger partial charge in [0, 0.05) is 16.7 Å². The van der Waals surface area contributed by atoms with Crippen LogP contribution in [0.25, 0.3) is 0 Å². The molecule has 0 unspecified atom stereocenters. The Balaban J connectivity index is 2.13. The third-order valence-corrected chi connectivity index (χ3v) is 3.27. The van der Waals surface area contributed by atoms with E-state index in [9.17, 15) is 9.59 Å². The van der Waals surface area contributed by atoms with Crippen molar-refractivity contribution in [3.05, 3.63) is 31.6 Å². The van der Waals surface area contributed by atoms with E-state index in [-0.39, 0.29) is 18.0 Å². The molecule has 1 saturated carbocycles. The van der Waals surface area contributed by atoms with Crippen molar-refractivity contribution in [1.82, 2.24) is 9.88 Å². The highest BCUT2D eigenvalue weighted by Gasteiger charge is 2.23. The molecule has 0 bridgehead atoms. The molecule has 0 spiro atoms. The van der Waals surface area contributed by atoms with E-state index < -0.39 is 0 Å². The highest BCUT2D eigenvalue weighted by molar-refractivity contribution is 9.11. The first-order valence-corrected chi connectivity index (χ1v) is 6.49. The van der Waals surface area contributed by atoms with Crippen molar-refractivity contribution in [1.29, 1.82) is 0 Å². The van der Waals surface area contributed by atoms with Gasteiger partial charge in [-0.05, 0) is 50.8 Å². The first kappa shape index (κ1) is 11.9. The number of rotatable bonds is 3. The Hall–Kier alpha value is -0.620. The molecule has 1 aliphatic carbocycles. The molecule has 1 heterocycles. The quantitative estimate of drug-likeness (QED) is 0.902. The van der Waals surface area contributed by atoms with Crippen molar-refractivity contribution >= 4 is 37.8 Å². The molecule has 86 valence electrons. The number of nitrogens with one attached hydrogen (secondary N) is 1. The van der Waals surface area contributed by atoms with E-state index in [2.05, 4.69) is 37.2 Å². The summed E-state index contributed by atoms with van der Waals surface area (Å²) in [6.07, 6.45) is 3.70. The van der Waals surface area contributed by atoms with Gasteiger partial charge in [-0.1, -0.05) is 0 Å². The maximum absolute atomic E-state index is 11.7. The SMILES string of the molecule is O=C(Cn1cc(Br)cc(Br)c1=O)NC1CC1. The van der Waals surface area contributed by atoms with E-state index in [4.69, 9.17) is 0 Å². The molecule has 4 nitrogen and oxygen atoms in total. The minimum atomic E-state index is -0.200. The van der Waals surface area contributed by atoms with E-state index in [1.54, 1.807) is 12.3 Å². The molecule has 0 atom stereocenters. The number of hydrogen-bond acceptors (Lipinski definition) is 2. The van der Waals surface area contributed by atoms with Gasteiger partial charge in [0.15, 0.2) is 0 Å². The maximum atomic E-state index is 11.7. The lowest BCUT2D eigenvalue weighted by atomic mass is 10.4. The lowest BCUT2D eigenvalue weighted by Gasteiger charge is -2.07. The molecule has 1 fully saturated rings. The molecule has 0 aliphatic heterocycles. The zero-order valence-corrected chi connectivity index (χ0v) is 11.5. The molecular formula is C10H10Br2N2O2. The highest BCUT2D eigenvalue weighted by Crippen LogP contribution is 2.18. The highest BCUT2D eigenvalue weighted by atomic mass is 79.9. The number of carbonyl (C=O) groups is 1. The van der Waals surface area contributed by atoms with Crippen molar-refractivity contribution in [3.63, 3.8) is 0 Å². The second-order valence-electron chi connectivity index (χ2n) is 3.78. The van der Waals surface area contributed by atoms with Crippen molar-refractivity contribution < 1.29 is 4.79 Å². The molecule has 16 heavy (non-hydrogen) atoms. The van der Waals surface area contributed by atoms with Gasteiger partial charge in [-0.25, -0.2) is 0 Å². The number of hydrogen-bond donors (Lipinski definition) is 1. The van der Waals surface area contributed by atoms with Gasteiger partial charge in [0.25, 0.3) is 5.56 Å². The van der Waals surface area contributed by atoms with Crippen LogP contribution in [0, 0.1) is 0 Å². The van der Waals surface area contributed by atoms with E-state index in [1.807, 2.05) is 0 Å². The topological polar surface area (TPSA) is 51.1 Å². The van der Waals surface area contributed by atoms with Crippen LogP contribution in [0.4, 0.5) is 0 Å². The molecule has 1 aromatic heterocycles. The summed E-state index contributed by atoms with van der Waals surface area (Å²) >= 11 is 6.43. The largest absolute Gasteiger partial charge is 0.352 e. The molecule has 0 saturated heterocycles. The van der Waals surface area contributed by atoms with Crippen molar-refractivity contribution in [2.24, 2.45) is 0 Å². The van der Waals surface area contributed by atoms with Crippen LogP contribution < -0.4 is 10.9 Å². The third kappa shape index (κ3) is 2.95. The number of halogens is 2. The Labute approximate surface area is 109 Å². The first-order chi connectivity index (χ1) is 7.56. The van der Waals surface area contributed by atoms with Gasteiger partial charge in [0.2, 0.25) is 5.91 Å². The molecule has 1 aliphatic rings. The summed E-state index contributed by atoms with van der Waals surface area (Å²) in [5.74, 6) is -0.116. The Morgan fingerprint density at radius 1 is 1.50 bits per heavy atom. The van der Waals surface area contributed by atoms with Crippen molar-refractivity contribution in [3.8, 4) is 0 Å². The van der Waals surface area contributed by atoms with Gasteiger partial charge in [-0.15, -0.1) is 0 Å². The van der Waals surface area contributed by atoms with Gasteiger partial charge in [0.1, 0.15) is 6.54 Å². The Kier molecular flexibility index (Phi) is 3.49. The molecule has 2 rings (SSSR count). The van der Waals surface area contributed by atoms with Crippen molar-refractivity contribution in [2.75, 3.05) is 0 Å². The Morgan fingerprint density at radius 3 is 2.81 bits per heavy atom. The molecule has 6 heteroatoms. The predicted octanol–water partition coefficient (Wildman–Crippen LogP) is 1.65. The summed E-state index contributed by atoms with van der Waals surface area (Å²) in [4.78, 5) is 23.2. The second kappa shape index (κ2) is 4.71. The second-order valence-corrected chi connectivity index (χ2v) is 5.55. The van der Waals surface area contributed by atoms with Crippen LogP contribution >= 0.6 is 31.9 Å². The number of amides is 1. The molecule has 1 aromatic rings. The number of aromatic nitrogens is 1. The fourth-order valence-corrected chi connectivity index (χ4v) is 2.60. The van der Waals surface area contributed by atoms with Gasteiger partial charge in [-0.2, -0.15) is 0 Å². The average Bonchev–Trinajstić information content (AvgIpc) is 2.97. The summed E-state index contributed by atoms with van der Waals surface area (Å²) in [6.45, 7) is 0.0629. The Bertz CT molecular complexity index is 480. The zero-order chi connectivity index (χ0) is 11.7. The van der Waals surface area contributed by atoms with Gasteiger partial charge in [0.05, 0.1) is 4.47 Å². The van der Waals surface area contributed by atoms with E-state index in [1.165, 1.54) is 4.57 Å². The number of nitrogens with zero attached hydrogens (tertiary/aromatic N) is 1. The van der Waals surface area contributed by atoms with Crippen LogP contribution in [0.15, 0.2) is 26.0 Å². The molecule has 1 N–H and O–H groups in total. The predicted molar refractivity (Wildman–Crippen MR) is 67.3 cm³/mol. The average molecular weight is 350 g/mol. The smallest absolute Gasteiger partial charge is 0.265 e. The third-order valence-electron chi connectivity index (χ3n) is 2.27. The standard InChI is InChI=1S/C10H10Br2N2O2/c11-6-3-8(12)10(16)14(4-6)5-9(15)13-7-1-2-7/h3-4,7H,1-2,5H2,(H,13,15). The molecule has 0 radical (unpaired) electrons. The van der Waals surface area contributed by atoms with Crippen LogP contribution in [0.2, 0.25) is 0 Å². The minimum absolute atomic E-state index is 0.0629. The zero-order valence-electron chi connectivity index (χ0n) is 8.37. The van der Waals surface area contributed by atoms with Crippen LogP contribution in [0.5, 0.6) is 0 Å². The summed E-state index contributed by atoms with van der Waals surface area (Å²) in [5, 5.41) is 2.84.